The Morgan fingerprint density at radius 1 is 1.19 bits per heavy atom. The smallest absolute Gasteiger partial charge is 0.323 e. The molecule has 1 amide bonds. The van der Waals surface area contributed by atoms with Crippen LogP contribution in [-0.4, -0.2) is 48.7 Å². The van der Waals surface area contributed by atoms with Crippen molar-refractivity contribution in [3.8, 4) is 0 Å². The number of carboxylic acid groups (broad SMARTS) is 1. The number of carbonyl (C=O) groups is 2. The number of benzene rings is 1. The lowest BCUT2D eigenvalue weighted by Crippen LogP contribution is -2.38. The second-order valence-electron chi connectivity index (χ2n) is 4.87. The van der Waals surface area contributed by atoms with E-state index in [4.69, 9.17) is 9.84 Å². The van der Waals surface area contributed by atoms with E-state index in [9.17, 15) is 9.59 Å². The van der Waals surface area contributed by atoms with Gasteiger partial charge in [0.25, 0.3) is 0 Å². The Morgan fingerprint density at radius 2 is 1.81 bits per heavy atom. The number of carboxylic acids is 1. The molecular weight excluding hydrogens is 270 g/mol. The van der Waals surface area contributed by atoms with Crippen LogP contribution >= 0.6 is 0 Å². The van der Waals surface area contributed by atoms with Crippen LogP contribution in [0.4, 0.5) is 0 Å². The van der Waals surface area contributed by atoms with E-state index < -0.39 is 5.97 Å². The summed E-state index contributed by atoms with van der Waals surface area (Å²) in [6.07, 6.45) is 1.91. The summed E-state index contributed by atoms with van der Waals surface area (Å²) in [5.74, 6) is -1.17. The number of carbonyl (C=O) groups excluding carboxylic acids is 1. The molecule has 0 atom stereocenters. The summed E-state index contributed by atoms with van der Waals surface area (Å²) >= 11 is 0. The number of ether oxygens (including phenoxy) is 1. The quantitative estimate of drug-likeness (QED) is 0.753. The highest BCUT2D eigenvalue weighted by Crippen LogP contribution is 2.08. The van der Waals surface area contributed by atoms with Gasteiger partial charge in [0, 0.05) is 20.1 Å². The van der Waals surface area contributed by atoms with E-state index >= 15 is 0 Å². The maximum Gasteiger partial charge on any atom is 0.323 e. The summed E-state index contributed by atoms with van der Waals surface area (Å²) in [7, 11) is 1.53. The van der Waals surface area contributed by atoms with Crippen LogP contribution in [0.15, 0.2) is 24.3 Å². The molecule has 0 aromatic heterocycles. The molecule has 0 heterocycles. The molecule has 0 aliphatic heterocycles. The Hall–Kier alpha value is -1.88. The second kappa shape index (κ2) is 9.13. The van der Waals surface area contributed by atoms with E-state index in [0.717, 1.165) is 12.0 Å². The standard InChI is InChI=1S/C16H23NO4/c1-3-13-4-6-14(7-5-13)8-9-15(18)17(10-11-21-2)12-16(19)20/h4-7H,3,8-12H2,1-2H3,(H,19,20). The molecule has 1 N–H and O–H groups in total. The highest BCUT2D eigenvalue weighted by Gasteiger charge is 2.16. The van der Waals surface area contributed by atoms with Crippen molar-refractivity contribution in [1.82, 2.24) is 4.90 Å². The highest BCUT2D eigenvalue weighted by molar-refractivity contribution is 5.81. The van der Waals surface area contributed by atoms with Crippen molar-refractivity contribution in [1.29, 1.82) is 0 Å². The number of hydrogen-bond donors (Lipinski definition) is 1. The van der Waals surface area contributed by atoms with Gasteiger partial charge in [-0.2, -0.15) is 0 Å². The Kier molecular flexibility index (Phi) is 7.46. The summed E-state index contributed by atoms with van der Waals surface area (Å²) in [5, 5.41) is 8.84. The Bertz CT molecular complexity index is 456. The average Bonchev–Trinajstić information content (AvgIpc) is 2.49. The lowest BCUT2D eigenvalue weighted by molar-refractivity contribution is -0.144. The zero-order chi connectivity index (χ0) is 15.7. The molecule has 0 bridgehead atoms. The van der Waals surface area contributed by atoms with E-state index in [2.05, 4.69) is 19.1 Å². The Labute approximate surface area is 125 Å². The molecule has 0 radical (unpaired) electrons. The molecule has 116 valence electrons. The molecule has 0 saturated heterocycles. The average molecular weight is 293 g/mol. The van der Waals surface area contributed by atoms with Gasteiger partial charge in [0.15, 0.2) is 0 Å². The maximum atomic E-state index is 12.1. The minimum absolute atomic E-state index is 0.158. The van der Waals surface area contributed by atoms with Gasteiger partial charge in [-0.05, 0) is 24.0 Å². The molecular formula is C16H23NO4. The monoisotopic (exact) mass is 293 g/mol. The Morgan fingerprint density at radius 3 is 2.33 bits per heavy atom. The number of aliphatic carboxylic acids is 1. The van der Waals surface area contributed by atoms with Crippen LogP contribution in [0.1, 0.15) is 24.5 Å². The van der Waals surface area contributed by atoms with Gasteiger partial charge in [-0.25, -0.2) is 0 Å². The van der Waals surface area contributed by atoms with E-state index in [0.29, 0.717) is 26.0 Å². The number of rotatable bonds is 9. The van der Waals surface area contributed by atoms with Crippen LogP contribution in [0.25, 0.3) is 0 Å². The van der Waals surface area contributed by atoms with Crippen LogP contribution in [-0.2, 0) is 27.2 Å². The first-order chi connectivity index (χ1) is 10.1. The lowest BCUT2D eigenvalue weighted by atomic mass is 10.1. The molecule has 21 heavy (non-hydrogen) atoms. The van der Waals surface area contributed by atoms with E-state index in [1.807, 2.05) is 12.1 Å². The van der Waals surface area contributed by atoms with Crippen molar-refractivity contribution >= 4 is 11.9 Å². The first-order valence-electron chi connectivity index (χ1n) is 7.13. The fraction of sp³-hybridized carbons (Fsp3) is 0.500. The zero-order valence-electron chi connectivity index (χ0n) is 12.7. The van der Waals surface area contributed by atoms with E-state index in [-0.39, 0.29) is 12.5 Å². The minimum Gasteiger partial charge on any atom is -0.480 e. The molecule has 0 aliphatic rings. The van der Waals surface area contributed by atoms with Crippen molar-refractivity contribution < 1.29 is 19.4 Å². The summed E-state index contributed by atoms with van der Waals surface area (Å²) in [5.41, 5.74) is 2.35. The molecule has 0 unspecified atom stereocenters. The maximum absolute atomic E-state index is 12.1. The first-order valence-corrected chi connectivity index (χ1v) is 7.13. The van der Waals surface area contributed by atoms with Gasteiger partial charge in [-0.15, -0.1) is 0 Å². The van der Waals surface area contributed by atoms with Crippen LogP contribution < -0.4 is 0 Å². The number of nitrogens with zero attached hydrogens (tertiary/aromatic N) is 1. The second-order valence-corrected chi connectivity index (χ2v) is 4.87. The fourth-order valence-corrected chi connectivity index (χ4v) is 2.01. The van der Waals surface area contributed by atoms with Gasteiger partial charge in [0.1, 0.15) is 6.54 Å². The molecule has 5 nitrogen and oxygen atoms in total. The molecule has 1 rings (SSSR count). The minimum atomic E-state index is -1.01. The van der Waals surface area contributed by atoms with Crippen molar-refractivity contribution in [3.63, 3.8) is 0 Å². The summed E-state index contributed by atoms with van der Waals surface area (Å²) < 4.78 is 4.91. The summed E-state index contributed by atoms with van der Waals surface area (Å²) in [6.45, 7) is 2.45. The van der Waals surface area contributed by atoms with Gasteiger partial charge in [-0.1, -0.05) is 31.2 Å². The summed E-state index contributed by atoms with van der Waals surface area (Å²) in [6, 6.07) is 8.14. The molecule has 1 aromatic rings. The first kappa shape index (κ1) is 17.2. The van der Waals surface area contributed by atoms with Gasteiger partial charge >= 0.3 is 5.97 Å². The predicted octanol–water partition coefficient (Wildman–Crippen LogP) is 1.74. The molecule has 0 aliphatic carbocycles. The van der Waals surface area contributed by atoms with Crippen LogP contribution in [0.5, 0.6) is 0 Å². The van der Waals surface area contributed by atoms with Crippen LogP contribution in [0, 0.1) is 0 Å². The topological polar surface area (TPSA) is 66.8 Å². The third-order valence-corrected chi connectivity index (χ3v) is 3.30. The Balaban J connectivity index is 2.52. The molecule has 0 fully saturated rings. The van der Waals surface area contributed by atoms with Gasteiger partial charge < -0.3 is 14.7 Å². The van der Waals surface area contributed by atoms with E-state index in [1.165, 1.54) is 17.6 Å². The highest BCUT2D eigenvalue weighted by atomic mass is 16.5. The van der Waals surface area contributed by atoms with Gasteiger partial charge in [-0.3, -0.25) is 9.59 Å². The predicted molar refractivity (Wildman–Crippen MR) is 80.2 cm³/mol. The van der Waals surface area contributed by atoms with Gasteiger partial charge in [0.05, 0.1) is 6.61 Å². The third-order valence-electron chi connectivity index (χ3n) is 3.30. The van der Waals surface area contributed by atoms with Crippen molar-refractivity contribution in [2.75, 3.05) is 26.8 Å². The number of amides is 1. The summed E-state index contributed by atoms with van der Waals surface area (Å²) in [4.78, 5) is 24.2. The largest absolute Gasteiger partial charge is 0.480 e. The zero-order valence-corrected chi connectivity index (χ0v) is 12.7. The molecule has 0 saturated carbocycles. The van der Waals surface area contributed by atoms with Crippen LogP contribution in [0.3, 0.4) is 0 Å². The van der Waals surface area contributed by atoms with Crippen LogP contribution in [0.2, 0.25) is 0 Å². The number of aryl methyl sites for hydroxylation is 2. The van der Waals surface area contributed by atoms with Crippen molar-refractivity contribution in [2.24, 2.45) is 0 Å². The molecule has 0 spiro atoms. The molecule has 1 aromatic carbocycles. The van der Waals surface area contributed by atoms with Gasteiger partial charge in [0.2, 0.25) is 5.91 Å². The van der Waals surface area contributed by atoms with Crippen molar-refractivity contribution in [3.05, 3.63) is 35.4 Å². The normalized spacial score (nSPS) is 10.4. The fourth-order valence-electron chi connectivity index (χ4n) is 2.01. The third kappa shape index (κ3) is 6.40. The van der Waals surface area contributed by atoms with Crippen molar-refractivity contribution in [2.45, 2.75) is 26.2 Å². The lowest BCUT2D eigenvalue weighted by Gasteiger charge is -2.20. The number of hydrogen-bond acceptors (Lipinski definition) is 3. The number of methoxy groups -OCH3 is 1. The van der Waals surface area contributed by atoms with E-state index in [1.54, 1.807) is 0 Å². The SMILES string of the molecule is CCc1ccc(CCC(=O)N(CCOC)CC(=O)O)cc1. The molecule has 5 heteroatoms.